The van der Waals surface area contributed by atoms with Gasteiger partial charge in [0.2, 0.25) is 0 Å². The van der Waals surface area contributed by atoms with Crippen molar-refractivity contribution in [2.45, 2.75) is 134 Å². The normalized spacial score (nSPS) is 19.8. The Morgan fingerprint density at radius 2 is 1.65 bits per heavy atom. The van der Waals surface area contributed by atoms with Gasteiger partial charge < -0.3 is 10.2 Å². The maximum atomic E-state index is 5.28. The quantitative estimate of drug-likeness (QED) is 0.118. The lowest BCUT2D eigenvalue weighted by atomic mass is 9.88. The number of hydrogen-bond acceptors (Lipinski definition) is 4. The van der Waals surface area contributed by atoms with Gasteiger partial charge in [-0.05, 0) is 134 Å². The fourth-order valence-corrected chi connectivity index (χ4v) is 5.27. The molecule has 2 aliphatic rings. The summed E-state index contributed by atoms with van der Waals surface area (Å²) in [5.74, 6) is 1.12. The summed E-state index contributed by atoms with van der Waals surface area (Å²) in [5, 5.41) is 3.61. The van der Waals surface area contributed by atoms with E-state index in [1.54, 1.807) is 5.57 Å². The van der Waals surface area contributed by atoms with Gasteiger partial charge in [-0.15, -0.1) is 0 Å². The summed E-state index contributed by atoms with van der Waals surface area (Å²) in [6, 6.07) is 0. The predicted molar refractivity (Wildman–Crippen MR) is 208 cm³/mol. The highest BCUT2D eigenvalue weighted by Gasteiger charge is 2.26. The molecule has 1 saturated carbocycles. The lowest BCUT2D eigenvalue weighted by Gasteiger charge is -2.41. The van der Waals surface area contributed by atoms with Crippen LogP contribution in [0.5, 0.6) is 0 Å². The Morgan fingerprint density at radius 1 is 1.00 bits per heavy atom. The van der Waals surface area contributed by atoms with Crippen molar-refractivity contribution >= 4 is 11.4 Å². The first-order chi connectivity index (χ1) is 21.7. The number of allylic oxidation sites excluding steroid dienone is 11. The number of unbranched alkanes of at least 4 members (excludes halogenated alkanes) is 1. The minimum atomic E-state index is 0.108. The monoisotopic (exact) mass is 631 g/mol. The van der Waals surface area contributed by atoms with Crippen molar-refractivity contribution in [3.63, 3.8) is 0 Å². The highest BCUT2D eigenvalue weighted by Crippen LogP contribution is 2.30. The molecule has 1 N–H and O–H groups in total. The van der Waals surface area contributed by atoms with Crippen LogP contribution in [0.15, 0.2) is 92.3 Å². The summed E-state index contributed by atoms with van der Waals surface area (Å²) in [6.07, 6.45) is 21.9. The van der Waals surface area contributed by atoms with Crippen LogP contribution < -0.4 is 5.32 Å². The second-order valence-electron chi connectivity index (χ2n) is 14.1. The van der Waals surface area contributed by atoms with Gasteiger partial charge in [-0.2, -0.15) is 0 Å². The van der Waals surface area contributed by atoms with E-state index in [4.69, 9.17) is 4.99 Å². The van der Waals surface area contributed by atoms with E-state index in [9.17, 15) is 0 Å². The average Bonchev–Trinajstić information content (AvgIpc) is 2.99. The third kappa shape index (κ3) is 14.4. The van der Waals surface area contributed by atoms with Crippen LogP contribution in [-0.4, -0.2) is 48.5 Å². The Bertz CT molecular complexity index is 1220. The molecule has 1 saturated heterocycles. The Balaban J connectivity index is 0.000000908. The largest absolute Gasteiger partial charge is 0.369 e. The Hall–Kier alpha value is -2.72. The smallest absolute Gasteiger partial charge is 0.0887 e. The molecular formula is C42H70N4. The van der Waals surface area contributed by atoms with Gasteiger partial charge in [0.25, 0.3) is 0 Å². The van der Waals surface area contributed by atoms with Gasteiger partial charge in [0.15, 0.2) is 0 Å². The third-order valence-electron chi connectivity index (χ3n) is 9.57. The van der Waals surface area contributed by atoms with Gasteiger partial charge in [0.1, 0.15) is 0 Å². The molecule has 0 spiro atoms. The van der Waals surface area contributed by atoms with E-state index in [1.165, 1.54) is 55.4 Å². The summed E-state index contributed by atoms with van der Waals surface area (Å²) < 4.78 is 0. The van der Waals surface area contributed by atoms with E-state index < -0.39 is 0 Å². The summed E-state index contributed by atoms with van der Waals surface area (Å²) >= 11 is 0. The molecule has 1 aliphatic carbocycles. The molecule has 46 heavy (non-hydrogen) atoms. The standard InChI is InChI=1S/C32H50N4.C10H20/c1-11-24(5)29(17-16-28(12-2)36-19-18-34-32(8,9)22-36)35-31(21-26(7)27-14-13-15-27)30(33-10)20-25(6)23(3)4;1-5-7-8-10(4)9(3)6-2/h12,16-17,20-21,24,34H,3,11,13-15,18-19,22H2,1-2,4-10H3;8-9H,5-7H2,1-4H3/b17-16-,25-20+,28-12+,31-21-,33-30?,35-29+;10-8-. The van der Waals surface area contributed by atoms with Crippen molar-refractivity contribution in [2.75, 3.05) is 26.7 Å². The zero-order valence-corrected chi connectivity index (χ0v) is 32.2. The molecule has 2 atom stereocenters. The number of hydrogen-bond donors (Lipinski definition) is 1. The minimum absolute atomic E-state index is 0.108. The first-order valence-corrected chi connectivity index (χ1v) is 18.0. The number of rotatable bonds is 14. The Labute approximate surface area is 285 Å². The van der Waals surface area contributed by atoms with E-state index in [2.05, 4.69) is 134 Å². The van der Waals surface area contributed by atoms with Crippen molar-refractivity contribution < 1.29 is 0 Å². The van der Waals surface area contributed by atoms with Crippen molar-refractivity contribution in [1.82, 2.24) is 10.2 Å². The molecular weight excluding hydrogens is 560 g/mol. The van der Waals surface area contributed by atoms with Gasteiger partial charge in [-0.3, -0.25) is 9.98 Å². The molecule has 1 heterocycles. The number of nitrogens with one attached hydrogen (secondary N) is 1. The second kappa shape index (κ2) is 21.2. The molecule has 4 nitrogen and oxygen atoms in total. The van der Waals surface area contributed by atoms with E-state index >= 15 is 0 Å². The fraction of sp³-hybridized carbons (Fsp3) is 0.619. The highest BCUT2D eigenvalue weighted by atomic mass is 15.2. The zero-order valence-electron chi connectivity index (χ0n) is 32.2. The van der Waals surface area contributed by atoms with Crippen molar-refractivity contribution in [2.24, 2.45) is 21.8 Å². The maximum Gasteiger partial charge on any atom is 0.0887 e. The fourth-order valence-electron chi connectivity index (χ4n) is 5.27. The Morgan fingerprint density at radius 3 is 2.13 bits per heavy atom. The first-order valence-electron chi connectivity index (χ1n) is 18.0. The van der Waals surface area contributed by atoms with Crippen LogP contribution in [0.2, 0.25) is 0 Å². The van der Waals surface area contributed by atoms with E-state index in [1.807, 2.05) is 14.0 Å². The Kier molecular flexibility index (Phi) is 19.0. The summed E-state index contributed by atoms with van der Waals surface area (Å²) in [5.41, 5.74) is 10.9. The number of aliphatic imine (C=N–C) groups is 2. The lowest BCUT2D eigenvalue weighted by Crippen LogP contribution is -2.56. The van der Waals surface area contributed by atoms with Gasteiger partial charge in [-0.25, -0.2) is 0 Å². The van der Waals surface area contributed by atoms with Crippen LogP contribution >= 0.6 is 0 Å². The van der Waals surface area contributed by atoms with Gasteiger partial charge >= 0.3 is 0 Å². The molecule has 0 amide bonds. The third-order valence-corrected chi connectivity index (χ3v) is 9.57. The first kappa shape index (κ1) is 41.3. The van der Waals surface area contributed by atoms with Crippen molar-refractivity contribution in [1.29, 1.82) is 0 Å². The summed E-state index contributed by atoms with van der Waals surface area (Å²) in [4.78, 5) is 12.4. The molecule has 0 bridgehead atoms. The molecule has 0 radical (unpaired) electrons. The van der Waals surface area contributed by atoms with Crippen molar-refractivity contribution in [3.05, 3.63) is 82.3 Å². The van der Waals surface area contributed by atoms with Crippen LogP contribution in [-0.2, 0) is 0 Å². The van der Waals surface area contributed by atoms with Gasteiger partial charge in [0.05, 0.1) is 11.4 Å². The molecule has 0 aromatic heterocycles. The average molecular weight is 631 g/mol. The summed E-state index contributed by atoms with van der Waals surface area (Å²) in [6.45, 7) is 33.6. The highest BCUT2D eigenvalue weighted by molar-refractivity contribution is 6.11. The van der Waals surface area contributed by atoms with Crippen LogP contribution in [0.1, 0.15) is 128 Å². The number of piperazine rings is 1. The molecule has 0 aromatic carbocycles. The topological polar surface area (TPSA) is 40.0 Å². The minimum Gasteiger partial charge on any atom is -0.369 e. The van der Waals surface area contributed by atoms with Crippen LogP contribution in [0.25, 0.3) is 0 Å². The van der Waals surface area contributed by atoms with E-state index in [0.717, 1.165) is 60.2 Å². The molecule has 0 aromatic rings. The van der Waals surface area contributed by atoms with Crippen molar-refractivity contribution in [3.8, 4) is 0 Å². The second-order valence-corrected chi connectivity index (χ2v) is 14.1. The predicted octanol–water partition coefficient (Wildman–Crippen LogP) is 11.4. The number of nitrogens with zero attached hydrogens (tertiary/aromatic N) is 3. The van der Waals surface area contributed by atoms with Gasteiger partial charge in [-0.1, -0.05) is 76.5 Å². The van der Waals surface area contributed by atoms with E-state index in [0.29, 0.717) is 5.92 Å². The lowest BCUT2D eigenvalue weighted by molar-refractivity contribution is 0.195. The van der Waals surface area contributed by atoms with Crippen LogP contribution in [0.4, 0.5) is 0 Å². The molecule has 4 heteroatoms. The SMILES string of the molecule is C=C(C)/C(C)=C/C(=NC)C(=C/C(C)=C1CCC1)/N=C(\C=C/C(=C\C)N1CCNC(C)(C)C1)C(C)CC.CCC/C=C(/C)C(C)CC. The van der Waals surface area contributed by atoms with Gasteiger partial charge in [0, 0.05) is 43.6 Å². The summed E-state index contributed by atoms with van der Waals surface area (Å²) in [7, 11) is 1.86. The van der Waals surface area contributed by atoms with Crippen LogP contribution in [0.3, 0.4) is 0 Å². The van der Waals surface area contributed by atoms with Crippen LogP contribution in [0, 0.1) is 11.8 Å². The molecule has 2 rings (SSSR count). The molecule has 2 unspecified atom stereocenters. The van der Waals surface area contributed by atoms with E-state index in [-0.39, 0.29) is 5.54 Å². The molecule has 258 valence electrons. The zero-order chi connectivity index (χ0) is 34.9. The maximum absolute atomic E-state index is 5.28. The molecule has 1 aliphatic heterocycles. The molecule has 2 fully saturated rings.